The smallest absolute Gasteiger partial charge is 0.234 e. The fourth-order valence-electron chi connectivity index (χ4n) is 1.51. The fraction of sp³-hybridized carbons (Fsp3) is 0.533. The third-order valence-corrected chi connectivity index (χ3v) is 3.14. The zero-order valence-electron chi connectivity index (χ0n) is 13.0. The summed E-state index contributed by atoms with van der Waals surface area (Å²) in [6, 6.07) is 3.35. The van der Waals surface area contributed by atoms with Crippen LogP contribution in [0.15, 0.2) is 18.2 Å². The Morgan fingerprint density at radius 3 is 2.64 bits per heavy atom. The van der Waals surface area contributed by atoms with E-state index in [1.807, 2.05) is 25.8 Å². The predicted molar refractivity (Wildman–Crippen MR) is 78.6 cm³/mol. The Morgan fingerprint density at radius 1 is 1.36 bits per heavy atom. The first kappa shape index (κ1) is 18.3. The molecule has 1 aromatic rings. The number of likely N-dealkylation sites (N-methyl/N-ethyl adjacent to an activating group) is 1. The molecule has 1 unspecified atom stereocenters. The van der Waals surface area contributed by atoms with Gasteiger partial charge in [-0.05, 0) is 33.0 Å². The molecule has 0 radical (unpaired) electrons. The summed E-state index contributed by atoms with van der Waals surface area (Å²) in [7, 11) is 1.83. The molecule has 1 rings (SSSR count). The molecule has 0 aliphatic rings. The molecule has 5 nitrogen and oxygen atoms in total. The predicted octanol–water partition coefficient (Wildman–Crippen LogP) is 1.16. The molecule has 0 aromatic heterocycles. The number of carbonyl (C=O) groups excluding carboxylic acids is 1. The normalized spacial score (nSPS) is 12.5. The van der Waals surface area contributed by atoms with Crippen LogP contribution in [0.1, 0.15) is 13.8 Å². The SMILES string of the molecule is CC(C)N(C)CC(=O)NCC(O)COc1ccc(F)c(F)c1. The number of carbonyl (C=O) groups is 1. The number of nitrogens with zero attached hydrogens (tertiary/aromatic N) is 1. The number of halogens is 2. The Labute approximate surface area is 128 Å². The molecule has 0 heterocycles. The number of benzene rings is 1. The Morgan fingerprint density at radius 2 is 2.05 bits per heavy atom. The summed E-state index contributed by atoms with van der Waals surface area (Å²) in [6.07, 6.45) is -0.943. The van der Waals surface area contributed by atoms with E-state index in [0.717, 1.165) is 12.1 Å². The molecule has 22 heavy (non-hydrogen) atoms. The van der Waals surface area contributed by atoms with Crippen LogP contribution in [-0.2, 0) is 4.79 Å². The van der Waals surface area contributed by atoms with Gasteiger partial charge in [-0.1, -0.05) is 0 Å². The van der Waals surface area contributed by atoms with Gasteiger partial charge >= 0.3 is 0 Å². The van der Waals surface area contributed by atoms with E-state index in [1.165, 1.54) is 6.07 Å². The second-order valence-corrected chi connectivity index (χ2v) is 5.35. The zero-order chi connectivity index (χ0) is 16.7. The molecule has 0 aliphatic heterocycles. The van der Waals surface area contributed by atoms with Crippen LogP contribution >= 0.6 is 0 Å². The lowest BCUT2D eigenvalue weighted by atomic mass is 10.3. The van der Waals surface area contributed by atoms with Crippen LogP contribution < -0.4 is 10.1 Å². The van der Waals surface area contributed by atoms with E-state index in [9.17, 15) is 18.7 Å². The summed E-state index contributed by atoms with van der Waals surface area (Å²) in [5.74, 6) is -2.07. The zero-order valence-corrected chi connectivity index (χ0v) is 13.0. The minimum Gasteiger partial charge on any atom is -0.491 e. The van der Waals surface area contributed by atoms with Gasteiger partial charge in [-0.3, -0.25) is 9.69 Å². The number of hydrogen-bond acceptors (Lipinski definition) is 4. The molecule has 7 heteroatoms. The lowest BCUT2D eigenvalue weighted by Crippen LogP contribution is -2.42. The molecular weight excluding hydrogens is 294 g/mol. The van der Waals surface area contributed by atoms with E-state index < -0.39 is 17.7 Å². The maximum Gasteiger partial charge on any atom is 0.234 e. The Kier molecular flexibility index (Phi) is 7.20. The van der Waals surface area contributed by atoms with Crippen molar-refractivity contribution in [1.29, 1.82) is 0 Å². The number of aliphatic hydroxyl groups excluding tert-OH is 1. The molecule has 1 atom stereocenters. The average molecular weight is 316 g/mol. The minimum absolute atomic E-state index is 0.0223. The maximum atomic E-state index is 13.0. The van der Waals surface area contributed by atoms with Crippen LogP contribution in [0.4, 0.5) is 8.78 Å². The highest BCUT2D eigenvalue weighted by molar-refractivity contribution is 5.78. The van der Waals surface area contributed by atoms with Crippen LogP contribution in [0.5, 0.6) is 5.75 Å². The van der Waals surface area contributed by atoms with Gasteiger partial charge in [0.15, 0.2) is 11.6 Å². The van der Waals surface area contributed by atoms with Crippen LogP contribution in [0, 0.1) is 11.6 Å². The first-order chi connectivity index (χ1) is 10.3. The molecule has 2 N–H and O–H groups in total. The van der Waals surface area contributed by atoms with Gasteiger partial charge in [0, 0.05) is 18.7 Å². The second-order valence-electron chi connectivity index (χ2n) is 5.35. The van der Waals surface area contributed by atoms with Crippen LogP contribution in [0.2, 0.25) is 0 Å². The van der Waals surface area contributed by atoms with E-state index >= 15 is 0 Å². The maximum absolute atomic E-state index is 13.0. The molecular formula is C15H22F2N2O3. The van der Waals surface area contributed by atoms with Gasteiger partial charge in [0.05, 0.1) is 6.54 Å². The summed E-state index contributed by atoms with van der Waals surface area (Å²) in [4.78, 5) is 13.5. The van der Waals surface area contributed by atoms with Gasteiger partial charge < -0.3 is 15.2 Å². The quantitative estimate of drug-likeness (QED) is 0.755. The third kappa shape index (κ3) is 6.36. The highest BCUT2D eigenvalue weighted by Gasteiger charge is 2.12. The van der Waals surface area contributed by atoms with Gasteiger partial charge in [-0.25, -0.2) is 8.78 Å². The number of rotatable bonds is 8. The lowest BCUT2D eigenvalue weighted by molar-refractivity contribution is -0.122. The number of ether oxygens (including phenoxy) is 1. The first-order valence-electron chi connectivity index (χ1n) is 7.02. The van der Waals surface area contributed by atoms with E-state index in [4.69, 9.17) is 4.74 Å². The second kappa shape index (κ2) is 8.65. The van der Waals surface area contributed by atoms with Crippen molar-refractivity contribution in [2.45, 2.75) is 26.0 Å². The molecule has 0 spiro atoms. The van der Waals surface area contributed by atoms with E-state index in [1.54, 1.807) is 0 Å². The van der Waals surface area contributed by atoms with Gasteiger partial charge in [-0.2, -0.15) is 0 Å². The monoisotopic (exact) mass is 316 g/mol. The molecule has 0 fully saturated rings. The Bertz CT molecular complexity index is 498. The topological polar surface area (TPSA) is 61.8 Å². The van der Waals surface area contributed by atoms with Gasteiger partial charge in [0.2, 0.25) is 5.91 Å². The van der Waals surface area contributed by atoms with Crippen molar-refractivity contribution in [3.63, 3.8) is 0 Å². The highest BCUT2D eigenvalue weighted by atomic mass is 19.2. The summed E-state index contributed by atoms with van der Waals surface area (Å²) < 4.78 is 30.8. The third-order valence-electron chi connectivity index (χ3n) is 3.14. The highest BCUT2D eigenvalue weighted by Crippen LogP contribution is 2.15. The van der Waals surface area contributed by atoms with Crippen molar-refractivity contribution < 1.29 is 23.4 Å². The van der Waals surface area contributed by atoms with E-state index in [-0.39, 0.29) is 37.4 Å². The number of nitrogens with one attached hydrogen (secondary N) is 1. The van der Waals surface area contributed by atoms with Crippen LogP contribution in [0.25, 0.3) is 0 Å². The van der Waals surface area contributed by atoms with Crippen molar-refractivity contribution in [3.8, 4) is 5.75 Å². The first-order valence-corrected chi connectivity index (χ1v) is 7.02. The lowest BCUT2D eigenvalue weighted by Gasteiger charge is -2.20. The largest absolute Gasteiger partial charge is 0.491 e. The minimum atomic E-state index is -1.02. The molecule has 1 amide bonds. The summed E-state index contributed by atoms with van der Waals surface area (Å²) in [5.41, 5.74) is 0. The number of amides is 1. The standard InChI is InChI=1S/C15H22F2N2O3/c1-10(2)19(3)8-15(21)18-7-11(20)9-22-12-4-5-13(16)14(17)6-12/h4-6,10-11,20H,7-9H2,1-3H3,(H,18,21). The molecule has 124 valence electrons. The molecule has 0 saturated carbocycles. The number of hydrogen-bond donors (Lipinski definition) is 2. The van der Waals surface area contributed by atoms with Crippen molar-refractivity contribution >= 4 is 5.91 Å². The van der Waals surface area contributed by atoms with Crippen molar-refractivity contribution in [2.75, 3.05) is 26.7 Å². The van der Waals surface area contributed by atoms with Crippen LogP contribution in [0.3, 0.4) is 0 Å². The molecule has 1 aromatic carbocycles. The summed E-state index contributed by atoms with van der Waals surface area (Å²) in [5, 5.41) is 12.3. The average Bonchev–Trinajstić information content (AvgIpc) is 2.46. The summed E-state index contributed by atoms with van der Waals surface area (Å²) in [6.45, 7) is 4.06. The summed E-state index contributed by atoms with van der Waals surface area (Å²) >= 11 is 0. The van der Waals surface area contributed by atoms with Crippen molar-refractivity contribution in [3.05, 3.63) is 29.8 Å². The molecule has 0 aliphatic carbocycles. The Hall–Kier alpha value is -1.73. The fourth-order valence-corrected chi connectivity index (χ4v) is 1.51. The van der Waals surface area contributed by atoms with E-state index in [0.29, 0.717) is 0 Å². The van der Waals surface area contributed by atoms with Gasteiger partial charge in [0.1, 0.15) is 18.5 Å². The van der Waals surface area contributed by atoms with E-state index in [2.05, 4.69) is 5.32 Å². The van der Waals surface area contributed by atoms with Crippen molar-refractivity contribution in [2.24, 2.45) is 0 Å². The van der Waals surface area contributed by atoms with Crippen LogP contribution in [-0.4, -0.2) is 54.8 Å². The number of aliphatic hydroxyl groups is 1. The molecule has 0 saturated heterocycles. The Balaban J connectivity index is 2.29. The van der Waals surface area contributed by atoms with Gasteiger partial charge in [-0.15, -0.1) is 0 Å². The van der Waals surface area contributed by atoms with Gasteiger partial charge in [0.25, 0.3) is 0 Å². The molecule has 0 bridgehead atoms. The van der Waals surface area contributed by atoms with Crippen molar-refractivity contribution in [1.82, 2.24) is 10.2 Å².